The van der Waals surface area contributed by atoms with Crippen LogP contribution in [0.2, 0.25) is 0 Å². The number of nitrogens with zero attached hydrogens (tertiary/aromatic N) is 2. The van der Waals surface area contributed by atoms with E-state index in [1.165, 1.54) is 0 Å². The van der Waals surface area contributed by atoms with Crippen LogP contribution in [0.25, 0.3) is 0 Å². The van der Waals surface area contributed by atoms with Gasteiger partial charge in [0.2, 0.25) is 0 Å². The predicted octanol–water partition coefficient (Wildman–Crippen LogP) is 0.453. The fourth-order valence-electron chi connectivity index (χ4n) is 3.38. The molecule has 2 fully saturated rings. The van der Waals surface area contributed by atoms with E-state index < -0.39 is 0 Å². The lowest BCUT2D eigenvalue weighted by Crippen LogP contribution is -2.29. The number of nitrogens with two attached hydrogens (primary N) is 1. The van der Waals surface area contributed by atoms with E-state index in [2.05, 4.69) is 15.2 Å². The van der Waals surface area contributed by atoms with Crippen molar-refractivity contribution in [2.45, 2.75) is 13.8 Å². The van der Waals surface area contributed by atoms with Crippen LogP contribution in [0.15, 0.2) is 6.07 Å². The second-order valence-corrected chi connectivity index (χ2v) is 5.73. The number of aryl methyl sites for hydroxylation is 2. The van der Waals surface area contributed by atoms with Gasteiger partial charge in [0, 0.05) is 31.9 Å². The fourth-order valence-corrected chi connectivity index (χ4v) is 3.38. The second kappa shape index (κ2) is 4.49. The number of primary amides is 1. The number of carbonyl (C=O) groups is 1. The van der Waals surface area contributed by atoms with Gasteiger partial charge in [-0.05, 0) is 37.3 Å². The standard InChI is InChI=1S/C14H20N4O/c1-8-3-9(2)17-14(12(8)13(15)19)18-6-10-4-16-5-11(10)7-18/h3,10-11,16H,4-7H2,1-2H3,(H2,15,19). The Morgan fingerprint density at radius 2 is 2.00 bits per heavy atom. The Labute approximate surface area is 113 Å². The second-order valence-electron chi connectivity index (χ2n) is 5.73. The van der Waals surface area contributed by atoms with Gasteiger partial charge < -0.3 is 16.0 Å². The van der Waals surface area contributed by atoms with Gasteiger partial charge >= 0.3 is 0 Å². The highest BCUT2D eigenvalue weighted by Crippen LogP contribution is 2.32. The molecular formula is C14H20N4O. The average molecular weight is 260 g/mol. The summed E-state index contributed by atoms with van der Waals surface area (Å²) in [5, 5.41) is 3.42. The Balaban J connectivity index is 1.98. The predicted molar refractivity (Wildman–Crippen MR) is 74.3 cm³/mol. The molecule has 3 rings (SSSR count). The molecule has 1 aromatic heterocycles. The topological polar surface area (TPSA) is 71.2 Å². The molecule has 2 atom stereocenters. The number of fused-ring (bicyclic) bond motifs is 1. The summed E-state index contributed by atoms with van der Waals surface area (Å²) in [6, 6.07) is 1.92. The van der Waals surface area contributed by atoms with Crippen molar-refractivity contribution >= 4 is 11.7 Å². The first kappa shape index (κ1) is 12.4. The summed E-state index contributed by atoms with van der Waals surface area (Å²) >= 11 is 0. The third kappa shape index (κ3) is 2.08. The number of aromatic nitrogens is 1. The minimum Gasteiger partial charge on any atom is -0.365 e. The molecule has 0 saturated carbocycles. The number of anilines is 1. The monoisotopic (exact) mass is 260 g/mol. The summed E-state index contributed by atoms with van der Waals surface area (Å²) in [4.78, 5) is 18.5. The Morgan fingerprint density at radius 1 is 1.37 bits per heavy atom. The van der Waals surface area contributed by atoms with Crippen LogP contribution in [0.1, 0.15) is 21.6 Å². The molecule has 1 amide bonds. The van der Waals surface area contributed by atoms with Gasteiger partial charge in [-0.25, -0.2) is 4.98 Å². The molecule has 0 radical (unpaired) electrons. The lowest BCUT2D eigenvalue weighted by molar-refractivity contribution is 0.1000. The van der Waals surface area contributed by atoms with Gasteiger partial charge in [0.15, 0.2) is 0 Å². The Hall–Kier alpha value is -1.62. The Kier molecular flexibility index (Phi) is 2.93. The summed E-state index contributed by atoms with van der Waals surface area (Å²) in [6.07, 6.45) is 0. The van der Waals surface area contributed by atoms with Gasteiger partial charge in [0.05, 0.1) is 5.56 Å². The van der Waals surface area contributed by atoms with Crippen molar-refractivity contribution in [2.24, 2.45) is 17.6 Å². The number of nitrogens with one attached hydrogen (secondary N) is 1. The summed E-state index contributed by atoms with van der Waals surface area (Å²) in [5.41, 5.74) is 7.97. The number of rotatable bonds is 2. The van der Waals surface area contributed by atoms with Crippen LogP contribution >= 0.6 is 0 Å². The van der Waals surface area contributed by atoms with Crippen molar-refractivity contribution in [3.8, 4) is 0 Å². The molecule has 1 aromatic rings. The molecule has 2 unspecified atom stereocenters. The van der Waals surface area contributed by atoms with Gasteiger partial charge in [-0.15, -0.1) is 0 Å². The normalized spacial score (nSPS) is 25.7. The molecule has 2 aliphatic heterocycles. The van der Waals surface area contributed by atoms with E-state index in [4.69, 9.17) is 5.73 Å². The van der Waals surface area contributed by atoms with Gasteiger partial charge in [0.1, 0.15) is 5.82 Å². The van der Waals surface area contributed by atoms with E-state index in [9.17, 15) is 4.79 Å². The van der Waals surface area contributed by atoms with E-state index in [0.717, 1.165) is 43.3 Å². The van der Waals surface area contributed by atoms with Crippen LogP contribution in [0.4, 0.5) is 5.82 Å². The minimum atomic E-state index is -0.379. The molecule has 2 aliphatic rings. The van der Waals surface area contributed by atoms with Gasteiger partial charge in [0.25, 0.3) is 5.91 Å². The van der Waals surface area contributed by atoms with Crippen molar-refractivity contribution in [3.63, 3.8) is 0 Å². The van der Waals surface area contributed by atoms with E-state index in [1.54, 1.807) is 0 Å². The first-order valence-electron chi connectivity index (χ1n) is 6.80. The third-order valence-corrected chi connectivity index (χ3v) is 4.26. The van der Waals surface area contributed by atoms with Crippen molar-refractivity contribution in [2.75, 3.05) is 31.1 Å². The lowest BCUT2D eigenvalue weighted by Gasteiger charge is -2.22. The van der Waals surface area contributed by atoms with Crippen molar-refractivity contribution in [3.05, 3.63) is 22.9 Å². The van der Waals surface area contributed by atoms with Crippen LogP contribution in [0, 0.1) is 25.7 Å². The van der Waals surface area contributed by atoms with Crippen LogP contribution in [-0.2, 0) is 0 Å². The SMILES string of the molecule is Cc1cc(C)c(C(N)=O)c(N2CC3CNCC3C2)n1. The van der Waals surface area contributed by atoms with Crippen LogP contribution in [0.5, 0.6) is 0 Å². The van der Waals surface area contributed by atoms with Gasteiger partial charge in [-0.2, -0.15) is 0 Å². The van der Waals surface area contributed by atoms with Gasteiger partial charge in [-0.1, -0.05) is 0 Å². The Bertz CT molecular complexity index is 516. The minimum absolute atomic E-state index is 0.379. The number of hydrogen-bond donors (Lipinski definition) is 2. The molecule has 2 saturated heterocycles. The largest absolute Gasteiger partial charge is 0.365 e. The number of pyridine rings is 1. The van der Waals surface area contributed by atoms with Crippen molar-refractivity contribution < 1.29 is 4.79 Å². The molecule has 3 heterocycles. The number of amides is 1. The van der Waals surface area contributed by atoms with Crippen LogP contribution in [-0.4, -0.2) is 37.1 Å². The molecule has 19 heavy (non-hydrogen) atoms. The Morgan fingerprint density at radius 3 is 2.58 bits per heavy atom. The highest BCUT2D eigenvalue weighted by molar-refractivity contribution is 5.99. The average Bonchev–Trinajstić information content (AvgIpc) is 2.86. The molecule has 102 valence electrons. The molecular weight excluding hydrogens is 240 g/mol. The number of carbonyl (C=O) groups excluding carboxylic acids is 1. The first-order valence-corrected chi connectivity index (χ1v) is 6.80. The van der Waals surface area contributed by atoms with Crippen LogP contribution in [0.3, 0.4) is 0 Å². The quantitative estimate of drug-likeness (QED) is 0.810. The maximum absolute atomic E-state index is 11.7. The molecule has 5 nitrogen and oxygen atoms in total. The van der Waals surface area contributed by atoms with E-state index in [1.807, 2.05) is 19.9 Å². The molecule has 0 spiro atoms. The smallest absolute Gasteiger partial charge is 0.252 e. The highest BCUT2D eigenvalue weighted by Gasteiger charge is 2.37. The van der Waals surface area contributed by atoms with Gasteiger partial charge in [-0.3, -0.25) is 4.79 Å². The summed E-state index contributed by atoms with van der Waals surface area (Å²) in [5.74, 6) is 1.74. The summed E-state index contributed by atoms with van der Waals surface area (Å²) < 4.78 is 0. The van der Waals surface area contributed by atoms with E-state index in [-0.39, 0.29) is 5.91 Å². The van der Waals surface area contributed by atoms with E-state index in [0.29, 0.717) is 17.4 Å². The summed E-state index contributed by atoms with van der Waals surface area (Å²) in [7, 11) is 0. The maximum Gasteiger partial charge on any atom is 0.252 e. The maximum atomic E-state index is 11.7. The first-order chi connectivity index (χ1) is 9.06. The van der Waals surface area contributed by atoms with E-state index >= 15 is 0 Å². The molecule has 3 N–H and O–H groups in total. The lowest BCUT2D eigenvalue weighted by atomic mass is 10.0. The van der Waals surface area contributed by atoms with Crippen molar-refractivity contribution in [1.29, 1.82) is 0 Å². The van der Waals surface area contributed by atoms with Crippen molar-refractivity contribution in [1.82, 2.24) is 10.3 Å². The molecule has 5 heteroatoms. The van der Waals surface area contributed by atoms with Crippen LogP contribution < -0.4 is 16.0 Å². The zero-order valence-corrected chi connectivity index (χ0v) is 11.4. The molecule has 0 aliphatic carbocycles. The zero-order chi connectivity index (χ0) is 13.6. The highest BCUT2D eigenvalue weighted by atomic mass is 16.1. The summed E-state index contributed by atoms with van der Waals surface area (Å²) in [6.45, 7) is 7.95. The number of hydrogen-bond acceptors (Lipinski definition) is 4. The zero-order valence-electron chi connectivity index (χ0n) is 11.4. The fraction of sp³-hybridized carbons (Fsp3) is 0.571. The molecule has 0 aromatic carbocycles. The molecule has 0 bridgehead atoms. The third-order valence-electron chi connectivity index (χ3n) is 4.26.